The monoisotopic (exact) mass is 400 g/mol. The van der Waals surface area contributed by atoms with Gasteiger partial charge in [-0.3, -0.25) is 14.9 Å². The highest BCUT2D eigenvalue weighted by Crippen LogP contribution is 2.30. The molecule has 0 aliphatic carbocycles. The number of carbonyl (C=O) groups is 2. The molecule has 152 valence electrons. The zero-order valence-corrected chi connectivity index (χ0v) is 15.9. The molecule has 0 radical (unpaired) electrons. The standard InChI is InChI=1S/C20H20N2O7/c1-3-28-19-11-15(10-17(20(24)25)21-13(2)23)6-9-18(19)29-12-14-4-7-16(8-5-14)22(26)27/h4-11H,3,12H2,1-2H3,(H,21,23)(H,24,25)/b17-10+. The fourth-order valence-electron chi connectivity index (χ4n) is 2.38. The topological polar surface area (TPSA) is 128 Å². The fraction of sp³-hybridized carbons (Fsp3) is 0.200. The maximum absolute atomic E-state index is 11.3. The van der Waals surface area contributed by atoms with Crippen molar-refractivity contribution < 1.29 is 29.1 Å². The van der Waals surface area contributed by atoms with Gasteiger partial charge in [-0.15, -0.1) is 0 Å². The number of carbonyl (C=O) groups excluding carboxylic acids is 1. The van der Waals surface area contributed by atoms with E-state index >= 15 is 0 Å². The Morgan fingerprint density at radius 1 is 1.14 bits per heavy atom. The molecule has 9 heteroatoms. The van der Waals surface area contributed by atoms with Crippen LogP contribution in [0.25, 0.3) is 6.08 Å². The Bertz CT molecular complexity index is 936. The van der Waals surface area contributed by atoms with Gasteiger partial charge >= 0.3 is 5.97 Å². The fourth-order valence-corrected chi connectivity index (χ4v) is 2.38. The molecule has 0 aliphatic rings. The van der Waals surface area contributed by atoms with Crippen molar-refractivity contribution in [3.63, 3.8) is 0 Å². The molecule has 0 fully saturated rings. The third-order valence-corrected chi connectivity index (χ3v) is 3.66. The molecule has 0 saturated heterocycles. The lowest BCUT2D eigenvalue weighted by molar-refractivity contribution is -0.384. The van der Waals surface area contributed by atoms with E-state index in [4.69, 9.17) is 9.47 Å². The van der Waals surface area contributed by atoms with Gasteiger partial charge in [0, 0.05) is 19.1 Å². The summed E-state index contributed by atoms with van der Waals surface area (Å²) < 4.78 is 11.3. The van der Waals surface area contributed by atoms with Gasteiger partial charge in [-0.25, -0.2) is 4.79 Å². The zero-order valence-electron chi connectivity index (χ0n) is 15.9. The van der Waals surface area contributed by atoms with E-state index in [0.29, 0.717) is 23.7 Å². The van der Waals surface area contributed by atoms with Crippen molar-refractivity contribution in [2.75, 3.05) is 6.61 Å². The summed E-state index contributed by atoms with van der Waals surface area (Å²) in [7, 11) is 0. The second kappa shape index (κ2) is 9.88. The Balaban J connectivity index is 2.21. The number of amides is 1. The largest absolute Gasteiger partial charge is 0.490 e. The molecule has 2 aromatic carbocycles. The van der Waals surface area contributed by atoms with E-state index in [2.05, 4.69) is 5.32 Å². The highest BCUT2D eigenvalue weighted by molar-refractivity contribution is 5.96. The van der Waals surface area contributed by atoms with Crippen LogP contribution in [0, 0.1) is 10.1 Å². The summed E-state index contributed by atoms with van der Waals surface area (Å²) >= 11 is 0. The highest BCUT2D eigenvalue weighted by atomic mass is 16.6. The van der Waals surface area contributed by atoms with E-state index in [1.54, 1.807) is 37.3 Å². The number of nitrogens with one attached hydrogen (secondary N) is 1. The van der Waals surface area contributed by atoms with E-state index in [1.165, 1.54) is 25.1 Å². The molecule has 2 N–H and O–H groups in total. The first-order chi connectivity index (χ1) is 13.8. The van der Waals surface area contributed by atoms with Crippen LogP contribution in [0.4, 0.5) is 5.69 Å². The van der Waals surface area contributed by atoms with Crippen LogP contribution < -0.4 is 14.8 Å². The molecule has 9 nitrogen and oxygen atoms in total. The Hall–Kier alpha value is -3.88. The molecule has 0 spiro atoms. The smallest absolute Gasteiger partial charge is 0.352 e. The molecule has 0 aliphatic heterocycles. The van der Waals surface area contributed by atoms with Crippen molar-refractivity contribution >= 4 is 23.6 Å². The average Bonchev–Trinajstić information content (AvgIpc) is 2.67. The maximum Gasteiger partial charge on any atom is 0.352 e. The highest BCUT2D eigenvalue weighted by Gasteiger charge is 2.12. The summed E-state index contributed by atoms with van der Waals surface area (Å²) in [6.07, 6.45) is 1.31. The zero-order chi connectivity index (χ0) is 21.4. The Morgan fingerprint density at radius 3 is 2.38 bits per heavy atom. The minimum absolute atomic E-state index is 0.00620. The molecule has 0 bridgehead atoms. The summed E-state index contributed by atoms with van der Waals surface area (Å²) in [5, 5.41) is 22.2. The van der Waals surface area contributed by atoms with Crippen molar-refractivity contribution in [1.82, 2.24) is 5.32 Å². The SMILES string of the molecule is CCOc1cc(/C=C(/NC(C)=O)C(=O)O)ccc1OCc1ccc([N+](=O)[O-])cc1. The molecule has 0 unspecified atom stereocenters. The normalized spacial score (nSPS) is 10.9. The maximum atomic E-state index is 11.3. The molecule has 29 heavy (non-hydrogen) atoms. The van der Waals surface area contributed by atoms with Gasteiger partial charge in [0.25, 0.3) is 5.69 Å². The third-order valence-electron chi connectivity index (χ3n) is 3.66. The van der Waals surface area contributed by atoms with Gasteiger partial charge in [0.1, 0.15) is 12.3 Å². The quantitative estimate of drug-likeness (QED) is 0.376. The Labute approximate surface area is 166 Å². The van der Waals surface area contributed by atoms with Crippen LogP contribution in [0.5, 0.6) is 11.5 Å². The van der Waals surface area contributed by atoms with Gasteiger partial charge in [-0.2, -0.15) is 0 Å². The van der Waals surface area contributed by atoms with Crippen molar-refractivity contribution in [1.29, 1.82) is 0 Å². The van der Waals surface area contributed by atoms with E-state index in [0.717, 1.165) is 5.56 Å². The number of nitro benzene ring substituents is 1. The van der Waals surface area contributed by atoms with Crippen LogP contribution in [0.15, 0.2) is 48.2 Å². The minimum Gasteiger partial charge on any atom is -0.490 e. The molecule has 1 amide bonds. The van der Waals surface area contributed by atoms with Crippen molar-refractivity contribution in [2.24, 2.45) is 0 Å². The molecule has 2 aromatic rings. The molecular formula is C20H20N2O7. The first-order valence-electron chi connectivity index (χ1n) is 8.65. The molecule has 0 saturated carbocycles. The number of rotatable bonds is 9. The molecular weight excluding hydrogens is 380 g/mol. The number of carboxylic acids is 1. The number of nitro groups is 1. The van der Waals surface area contributed by atoms with Gasteiger partial charge in [-0.05, 0) is 48.4 Å². The number of benzene rings is 2. The number of aliphatic carboxylic acids is 1. The van der Waals surface area contributed by atoms with Crippen molar-refractivity contribution in [3.8, 4) is 11.5 Å². The summed E-state index contributed by atoms with van der Waals surface area (Å²) in [5.41, 5.74) is 0.968. The van der Waals surface area contributed by atoms with Crippen LogP contribution in [-0.2, 0) is 16.2 Å². The average molecular weight is 400 g/mol. The third kappa shape index (κ3) is 6.35. The summed E-state index contributed by atoms with van der Waals surface area (Å²) in [5.74, 6) is -0.933. The predicted molar refractivity (Wildman–Crippen MR) is 104 cm³/mol. The van der Waals surface area contributed by atoms with Crippen LogP contribution in [0.1, 0.15) is 25.0 Å². The summed E-state index contributed by atoms with van der Waals surface area (Å²) in [6, 6.07) is 10.8. The number of hydrogen-bond acceptors (Lipinski definition) is 6. The number of non-ortho nitro benzene ring substituents is 1. The van der Waals surface area contributed by atoms with Gasteiger partial charge in [0.05, 0.1) is 11.5 Å². The van der Waals surface area contributed by atoms with E-state index in [9.17, 15) is 24.8 Å². The van der Waals surface area contributed by atoms with Crippen molar-refractivity contribution in [2.45, 2.75) is 20.5 Å². The van der Waals surface area contributed by atoms with E-state index in [1.807, 2.05) is 0 Å². The second-order valence-corrected chi connectivity index (χ2v) is 5.90. The van der Waals surface area contributed by atoms with Crippen LogP contribution >= 0.6 is 0 Å². The molecule has 0 aromatic heterocycles. The molecule has 2 rings (SSSR count). The van der Waals surface area contributed by atoms with Crippen molar-refractivity contribution in [3.05, 3.63) is 69.4 Å². The minimum atomic E-state index is -1.27. The number of hydrogen-bond donors (Lipinski definition) is 2. The summed E-state index contributed by atoms with van der Waals surface area (Å²) in [4.78, 5) is 32.6. The first-order valence-corrected chi connectivity index (χ1v) is 8.65. The van der Waals surface area contributed by atoms with Gasteiger partial charge in [0.2, 0.25) is 5.91 Å². The van der Waals surface area contributed by atoms with Crippen LogP contribution in [0.3, 0.4) is 0 Å². The Morgan fingerprint density at radius 2 is 1.83 bits per heavy atom. The van der Waals surface area contributed by atoms with Gasteiger partial charge in [-0.1, -0.05) is 6.07 Å². The lowest BCUT2D eigenvalue weighted by atomic mass is 10.1. The number of ether oxygens (including phenoxy) is 2. The van der Waals surface area contributed by atoms with Gasteiger partial charge in [0.15, 0.2) is 11.5 Å². The Kier molecular flexibility index (Phi) is 7.30. The van der Waals surface area contributed by atoms with Crippen LogP contribution in [0.2, 0.25) is 0 Å². The van der Waals surface area contributed by atoms with E-state index < -0.39 is 16.8 Å². The second-order valence-electron chi connectivity index (χ2n) is 5.90. The van der Waals surface area contributed by atoms with Gasteiger partial charge < -0.3 is 19.9 Å². The lowest BCUT2D eigenvalue weighted by Gasteiger charge is -2.13. The molecule has 0 atom stereocenters. The predicted octanol–water partition coefficient (Wildman–Crippen LogP) is 3.13. The lowest BCUT2D eigenvalue weighted by Crippen LogP contribution is -2.24. The first kappa shape index (κ1) is 21.4. The summed E-state index contributed by atoms with van der Waals surface area (Å²) in [6.45, 7) is 3.54. The van der Waals surface area contributed by atoms with E-state index in [-0.39, 0.29) is 18.0 Å². The van der Waals surface area contributed by atoms with Crippen LogP contribution in [-0.4, -0.2) is 28.5 Å². The molecule has 0 heterocycles. The number of nitrogens with zero attached hydrogens (tertiary/aromatic N) is 1. The number of carboxylic acid groups (broad SMARTS) is 1.